The van der Waals surface area contributed by atoms with Crippen LogP contribution in [0.2, 0.25) is 0 Å². The molecule has 1 aromatic carbocycles. The number of nitrogens with two attached hydrogens (primary N) is 1. The van der Waals surface area contributed by atoms with Crippen LogP contribution in [0.4, 0.5) is 0 Å². The first-order chi connectivity index (χ1) is 29.4. The lowest BCUT2D eigenvalue weighted by molar-refractivity contribution is -0.142. The molecule has 8 amide bonds. The normalized spacial score (nSPS) is 15.1. The summed E-state index contributed by atoms with van der Waals surface area (Å²) in [6.45, 7) is 18.1. The van der Waals surface area contributed by atoms with Gasteiger partial charge in [-0.25, -0.2) is 4.79 Å². The minimum atomic E-state index is -1.21. The van der Waals surface area contributed by atoms with Crippen LogP contribution in [0.3, 0.4) is 0 Å². The van der Waals surface area contributed by atoms with Gasteiger partial charge in [-0.3, -0.25) is 38.4 Å². The molecule has 0 bridgehead atoms. The Kier molecular flexibility index (Phi) is 24.2. The summed E-state index contributed by atoms with van der Waals surface area (Å²) in [5, 5.41) is 30.5. The van der Waals surface area contributed by atoms with Crippen molar-refractivity contribution < 1.29 is 48.3 Å². The number of nitrogens with one attached hydrogen (secondary N) is 8. The molecule has 0 aliphatic rings. The second-order valence-electron chi connectivity index (χ2n) is 17.6. The van der Waals surface area contributed by atoms with Gasteiger partial charge in [0.2, 0.25) is 47.3 Å². The van der Waals surface area contributed by atoms with Gasteiger partial charge in [0.05, 0.1) is 19.1 Å². The molecule has 0 unspecified atom stereocenters. The first-order valence-corrected chi connectivity index (χ1v) is 21.8. The van der Waals surface area contributed by atoms with Crippen LogP contribution in [-0.2, 0) is 49.6 Å². The van der Waals surface area contributed by atoms with E-state index in [1.54, 1.807) is 71.9 Å². The maximum atomic E-state index is 13.9. The molecule has 0 saturated heterocycles. The Balaban J connectivity index is 3.09. The summed E-state index contributed by atoms with van der Waals surface area (Å²) in [6, 6.07) is 1.27. The highest BCUT2D eigenvalue weighted by Crippen LogP contribution is 2.12. The Bertz CT molecular complexity index is 1700. The average molecular weight is 888 g/mol. The number of carbonyl (C=O) groups excluding carboxylic acids is 8. The Labute approximate surface area is 371 Å². The molecule has 0 aliphatic carbocycles. The zero-order valence-electron chi connectivity index (χ0n) is 38.8. The van der Waals surface area contributed by atoms with Crippen LogP contribution in [0.1, 0.15) is 101 Å². The van der Waals surface area contributed by atoms with E-state index in [0.717, 1.165) is 0 Å². The molecule has 0 spiro atoms. The minimum Gasteiger partial charge on any atom is -0.480 e. The van der Waals surface area contributed by atoms with Gasteiger partial charge in [-0.15, -0.1) is 0 Å². The van der Waals surface area contributed by atoms with E-state index in [4.69, 9.17) is 5.73 Å². The van der Waals surface area contributed by atoms with Crippen molar-refractivity contribution in [2.75, 3.05) is 13.1 Å². The predicted molar refractivity (Wildman–Crippen MR) is 237 cm³/mol. The fourth-order valence-electron chi connectivity index (χ4n) is 6.32. The lowest BCUT2D eigenvalue weighted by Crippen LogP contribution is -2.59. The highest BCUT2D eigenvalue weighted by atomic mass is 16.4. The van der Waals surface area contributed by atoms with Crippen molar-refractivity contribution in [2.45, 2.75) is 144 Å². The molecule has 1 rings (SSSR count). The summed E-state index contributed by atoms with van der Waals surface area (Å²) in [6.07, 6.45) is 0.832. The van der Waals surface area contributed by atoms with Crippen LogP contribution >= 0.6 is 0 Å². The first-order valence-electron chi connectivity index (χ1n) is 21.8. The third-order valence-electron chi connectivity index (χ3n) is 10.2. The summed E-state index contributed by atoms with van der Waals surface area (Å²) in [4.78, 5) is 118. The minimum absolute atomic E-state index is 0.0397. The van der Waals surface area contributed by atoms with Crippen LogP contribution in [0.15, 0.2) is 30.3 Å². The standard InChI is InChI=1S/C44H73N9O10/c1-12-27(10)37(52-34(55)22-46-41(59)35(25(6)7)53-38(56)28(11)45)42(60)47-21-33(54)51-36(26(8)9)43(61)49-30(18-23(2)3)39(57)48-31(20-29-16-14-13-15-17-29)40(58)50-32(44(62)63)19-24(4)5/h13-17,23-28,30-32,35-37H,12,18-22,45H2,1-11H3,(H,46,59)(H,47,60)(H,48,57)(H,49,61)(H,50,58)(H,51,54)(H,52,55)(H,53,56)(H,62,63)/t27-,28-,30-,31-,32-,35-,36-,37-/m0/s1. The van der Waals surface area contributed by atoms with Gasteiger partial charge in [0, 0.05) is 6.42 Å². The summed E-state index contributed by atoms with van der Waals surface area (Å²) >= 11 is 0. The lowest BCUT2D eigenvalue weighted by Gasteiger charge is -2.28. The number of benzene rings is 1. The van der Waals surface area contributed by atoms with Gasteiger partial charge in [0.15, 0.2) is 0 Å². The summed E-state index contributed by atoms with van der Waals surface area (Å²) in [5.41, 5.74) is 6.31. The highest BCUT2D eigenvalue weighted by molar-refractivity contribution is 5.97. The molecule has 19 heteroatoms. The van der Waals surface area contributed by atoms with Crippen LogP contribution in [0.5, 0.6) is 0 Å². The molecule has 63 heavy (non-hydrogen) atoms. The Morgan fingerprint density at radius 2 is 0.952 bits per heavy atom. The molecule has 8 atom stereocenters. The van der Waals surface area contributed by atoms with E-state index in [0.29, 0.717) is 12.0 Å². The van der Waals surface area contributed by atoms with Crippen LogP contribution < -0.4 is 48.3 Å². The largest absolute Gasteiger partial charge is 0.480 e. The van der Waals surface area contributed by atoms with Crippen molar-refractivity contribution >= 4 is 53.2 Å². The molecule has 354 valence electrons. The first kappa shape index (κ1) is 55.4. The molecule has 0 radical (unpaired) electrons. The molecule has 1 aromatic rings. The van der Waals surface area contributed by atoms with Crippen LogP contribution in [0, 0.1) is 29.6 Å². The smallest absolute Gasteiger partial charge is 0.326 e. The number of carboxylic acids is 1. The number of rotatable bonds is 27. The molecule has 19 nitrogen and oxygen atoms in total. The van der Waals surface area contributed by atoms with E-state index < -0.39 is 120 Å². The van der Waals surface area contributed by atoms with Gasteiger partial charge in [-0.2, -0.15) is 0 Å². The maximum absolute atomic E-state index is 13.9. The molecule has 0 aliphatic heterocycles. The second kappa shape index (κ2) is 27.5. The molecular weight excluding hydrogens is 815 g/mol. The van der Waals surface area contributed by atoms with E-state index in [-0.39, 0.29) is 37.0 Å². The predicted octanol–water partition coefficient (Wildman–Crippen LogP) is 0.252. The van der Waals surface area contributed by atoms with E-state index in [1.165, 1.54) is 6.92 Å². The third-order valence-corrected chi connectivity index (χ3v) is 10.2. The van der Waals surface area contributed by atoms with E-state index in [9.17, 15) is 48.3 Å². The summed E-state index contributed by atoms with van der Waals surface area (Å²) in [5.74, 6) is -7.88. The van der Waals surface area contributed by atoms with Gasteiger partial charge in [-0.05, 0) is 54.9 Å². The van der Waals surface area contributed by atoms with Crippen molar-refractivity contribution in [3.05, 3.63) is 35.9 Å². The Morgan fingerprint density at radius 1 is 0.524 bits per heavy atom. The van der Waals surface area contributed by atoms with E-state index in [2.05, 4.69) is 42.5 Å². The van der Waals surface area contributed by atoms with Crippen LogP contribution in [-0.4, -0.2) is 114 Å². The molecule has 0 fully saturated rings. The Hall–Kier alpha value is -5.59. The highest BCUT2D eigenvalue weighted by Gasteiger charge is 2.34. The molecule has 0 aromatic heterocycles. The lowest BCUT2D eigenvalue weighted by atomic mass is 9.98. The van der Waals surface area contributed by atoms with Gasteiger partial charge >= 0.3 is 5.97 Å². The van der Waals surface area contributed by atoms with E-state index in [1.807, 2.05) is 27.7 Å². The molecule has 11 N–H and O–H groups in total. The van der Waals surface area contributed by atoms with Crippen LogP contribution in [0.25, 0.3) is 0 Å². The Morgan fingerprint density at radius 3 is 1.41 bits per heavy atom. The SMILES string of the molecule is CC[C@H](C)[C@H](NC(=O)CNC(=O)[C@@H](NC(=O)[C@H](C)N)C(C)C)C(=O)NCC(=O)N[C@H](C(=O)N[C@@H](CC(C)C)C(=O)N[C@@H](Cc1ccccc1)C(=O)N[C@@H](CC(C)C)C(=O)O)C(C)C. The van der Waals surface area contributed by atoms with Crippen molar-refractivity contribution in [2.24, 2.45) is 35.3 Å². The monoisotopic (exact) mass is 888 g/mol. The van der Waals surface area contributed by atoms with Gasteiger partial charge in [-0.1, -0.05) is 106 Å². The quantitative estimate of drug-likeness (QED) is 0.0572. The number of hydrogen-bond donors (Lipinski definition) is 10. The molecule has 0 heterocycles. The molecular formula is C44H73N9O10. The number of carboxylic acid groups (broad SMARTS) is 1. The summed E-state index contributed by atoms with van der Waals surface area (Å²) < 4.78 is 0. The third kappa shape index (κ3) is 20.4. The maximum Gasteiger partial charge on any atom is 0.326 e. The van der Waals surface area contributed by atoms with Gasteiger partial charge < -0.3 is 53.4 Å². The summed E-state index contributed by atoms with van der Waals surface area (Å²) in [7, 11) is 0. The van der Waals surface area contributed by atoms with Crippen molar-refractivity contribution in [1.29, 1.82) is 0 Å². The van der Waals surface area contributed by atoms with Gasteiger partial charge in [0.1, 0.15) is 36.3 Å². The van der Waals surface area contributed by atoms with Crippen molar-refractivity contribution in [3.63, 3.8) is 0 Å². The zero-order chi connectivity index (χ0) is 48.1. The number of aliphatic carboxylic acids is 1. The number of hydrogen-bond acceptors (Lipinski definition) is 10. The van der Waals surface area contributed by atoms with Crippen molar-refractivity contribution in [3.8, 4) is 0 Å². The van der Waals surface area contributed by atoms with Crippen molar-refractivity contribution in [1.82, 2.24) is 42.5 Å². The number of carbonyl (C=O) groups is 9. The fourth-order valence-corrected chi connectivity index (χ4v) is 6.32. The van der Waals surface area contributed by atoms with E-state index >= 15 is 0 Å². The number of amides is 8. The molecule has 0 saturated carbocycles. The van der Waals surface area contributed by atoms with Gasteiger partial charge in [0.25, 0.3) is 0 Å². The zero-order valence-corrected chi connectivity index (χ0v) is 38.8. The average Bonchev–Trinajstić information content (AvgIpc) is 3.20. The second-order valence-corrected chi connectivity index (χ2v) is 17.6. The topological polar surface area (TPSA) is 296 Å². The fraction of sp³-hybridized carbons (Fsp3) is 0.659.